The van der Waals surface area contributed by atoms with E-state index in [4.69, 9.17) is 9.47 Å². The van der Waals surface area contributed by atoms with Crippen LogP contribution < -0.4 is 0 Å². The Balaban J connectivity index is 2.63. The molecule has 8 nitrogen and oxygen atoms in total. The molecule has 0 aromatic heterocycles. The fourth-order valence-electron chi connectivity index (χ4n) is 2.04. The molecule has 0 radical (unpaired) electrons. The number of aliphatic hydroxyl groups excluding tert-OH is 1. The summed E-state index contributed by atoms with van der Waals surface area (Å²) < 4.78 is 47.5. The van der Waals surface area contributed by atoms with Crippen LogP contribution in [0.5, 0.6) is 0 Å². The normalized spacial score (nSPS) is 16.9. The molecule has 134 valence electrons. The zero-order chi connectivity index (χ0) is 19.2. The number of hydrogen-bond donors (Lipinski definition) is 1. The second-order valence-corrected chi connectivity index (χ2v) is 5.39. The first-order chi connectivity index (χ1) is 11.3. The fraction of sp³-hybridized carbons (Fsp3) is 0.286. The van der Waals surface area contributed by atoms with Crippen LogP contribution in [0, 0.1) is 10.1 Å². The number of aliphatic hydroxyl groups is 1. The van der Waals surface area contributed by atoms with E-state index in [-0.39, 0.29) is 6.07 Å². The maximum Gasteiger partial charge on any atom is 0.416 e. The number of benzene rings is 1. The highest BCUT2D eigenvalue weighted by atomic mass is 19.4. The summed E-state index contributed by atoms with van der Waals surface area (Å²) in [5.41, 5.74) is -4.30. The molecule has 11 heteroatoms. The standard InChI is InChI=1S/C14H10F3NO7/c1-13(2)24-11(20)9(12(21)25-13)10(19)7-4-3-6(14(15,16)17)5-8(7)18(22)23/h3-5,19H,1-2H3. The van der Waals surface area contributed by atoms with Crippen LogP contribution in [-0.2, 0) is 25.2 Å². The van der Waals surface area contributed by atoms with Gasteiger partial charge in [0, 0.05) is 19.9 Å². The van der Waals surface area contributed by atoms with Gasteiger partial charge in [0.05, 0.1) is 16.1 Å². The molecule has 0 spiro atoms. The number of ether oxygens (including phenoxy) is 2. The number of nitrogens with zero attached hydrogens (tertiary/aromatic N) is 1. The lowest BCUT2D eigenvalue weighted by Crippen LogP contribution is -2.42. The zero-order valence-corrected chi connectivity index (χ0v) is 12.7. The van der Waals surface area contributed by atoms with Gasteiger partial charge in [-0.1, -0.05) is 0 Å². The highest BCUT2D eigenvalue weighted by molar-refractivity contribution is 6.20. The minimum atomic E-state index is -4.86. The SMILES string of the molecule is CC1(C)OC(=O)C(=C(O)c2ccc(C(F)(F)F)cc2[N+](=O)[O-])C(=O)O1. The second kappa shape index (κ2) is 5.76. The van der Waals surface area contributed by atoms with E-state index in [0.717, 1.165) is 0 Å². The van der Waals surface area contributed by atoms with E-state index in [1.807, 2.05) is 0 Å². The van der Waals surface area contributed by atoms with Gasteiger partial charge in [-0.05, 0) is 12.1 Å². The third-order valence-electron chi connectivity index (χ3n) is 3.10. The number of nitro groups is 1. The summed E-state index contributed by atoms with van der Waals surface area (Å²) in [6.07, 6.45) is -4.86. The van der Waals surface area contributed by atoms with Crippen molar-refractivity contribution >= 4 is 23.4 Å². The molecule has 1 fully saturated rings. The Hall–Kier alpha value is -3.11. The molecular formula is C14H10F3NO7. The average Bonchev–Trinajstić information content (AvgIpc) is 2.43. The lowest BCUT2D eigenvalue weighted by Gasteiger charge is -2.30. The number of hydrogen-bond acceptors (Lipinski definition) is 7. The fourth-order valence-corrected chi connectivity index (χ4v) is 2.04. The number of halogens is 3. The number of rotatable bonds is 2. The van der Waals surface area contributed by atoms with Gasteiger partial charge < -0.3 is 14.6 Å². The van der Waals surface area contributed by atoms with E-state index < -0.39 is 57.0 Å². The number of alkyl halides is 3. The molecule has 0 saturated carbocycles. The third-order valence-corrected chi connectivity index (χ3v) is 3.10. The molecule has 1 aromatic rings. The average molecular weight is 361 g/mol. The largest absolute Gasteiger partial charge is 0.506 e. The summed E-state index contributed by atoms with van der Waals surface area (Å²) >= 11 is 0. The highest BCUT2D eigenvalue weighted by Crippen LogP contribution is 2.36. The Kier molecular flexibility index (Phi) is 4.20. The van der Waals surface area contributed by atoms with Crippen LogP contribution in [0.25, 0.3) is 5.76 Å². The van der Waals surface area contributed by atoms with Crippen molar-refractivity contribution in [2.24, 2.45) is 0 Å². The zero-order valence-electron chi connectivity index (χ0n) is 12.7. The smallest absolute Gasteiger partial charge is 0.416 e. The third kappa shape index (κ3) is 3.54. The van der Waals surface area contributed by atoms with Gasteiger partial charge in [0.25, 0.3) is 11.5 Å². The maximum atomic E-state index is 12.7. The number of carbonyl (C=O) groups excluding carboxylic acids is 2. The summed E-state index contributed by atoms with van der Waals surface area (Å²) in [6, 6.07) is 1.21. The van der Waals surface area contributed by atoms with Crippen molar-refractivity contribution in [2.45, 2.75) is 25.8 Å². The molecule has 0 amide bonds. The van der Waals surface area contributed by atoms with Gasteiger partial charge in [0.15, 0.2) is 11.3 Å². The van der Waals surface area contributed by atoms with Crippen molar-refractivity contribution in [1.29, 1.82) is 0 Å². The van der Waals surface area contributed by atoms with Gasteiger partial charge in [-0.15, -0.1) is 0 Å². The lowest BCUT2D eigenvalue weighted by atomic mass is 10.0. The first-order valence-corrected chi connectivity index (χ1v) is 6.59. The first kappa shape index (κ1) is 18.2. The summed E-state index contributed by atoms with van der Waals surface area (Å²) in [5, 5.41) is 21.1. The molecule has 0 unspecified atom stereocenters. The molecule has 1 N–H and O–H groups in total. The number of esters is 2. The highest BCUT2D eigenvalue weighted by Gasteiger charge is 2.42. The molecule has 25 heavy (non-hydrogen) atoms. The van der Waals surface area contributed by atoms with Gasteiger partial charge in [0.1, 0.15) is 0 Å². The molecule has 1 aromatic carbocycles. The Morgan fingerprint density at radius 2 is 1.72 bits per heavy atom. The van der Waals surface area contributed by atoms with Crippen molar-refractivity contribution in [3.8, 4) is 0 Å². The van der Waals surface area contributed by atoms with Crippen molar-refractivity contribution in [1.82, 2.24) is 0 Å². The molecule has 0 atom stereocenters. The predicted molar refractivity (Wildman–Crippen MR) is 73.9 cm³/mol. The topological polar surface area (TPSA) is 116 Å². The Bertz CT molecular complexity index is 789. The van der Waals surface area contributed by atoms with Crippen LogP contribution in [0.15, 0.2) is 23.8 Å². The van der Waals surface area contributed by atoms with Crippen LogP contribution >= 0.6 is 0 Å². The predicted octanol–water partition coefficient (Wildman–Crippen LogP) is 2.72. The summed E-state index contributed by atoms with van der Waals surface area (Å²) in [7, 11) is 0. The molecule has 1 aliphatic heterocycles. The monoisotopic (exact) mass is 361 g/mol. The van der Waals surface area contributed by atoms with Crippen LogP contribution in [0.3, 0.4) is 0 Å². The molecule has 1 heterocycles. The Morgan fingerprint density at radius 3 is 2.16 bits per heavy atom. The van der Waals surface area contributed by atoms with E-state index in [0.29, 0.717) is 12.1 Å². The molecule has 1 aliphatic rings. The summed E-state index contributed by atoms with van der Waals surface area (Å²) in [4.78, 5) is 33.5. The minimum Gasteiger partial charge on any atom is -0.506 e. The van der Waals surface area contributed by atoms with Gasteiger partial charge >= 0.3 is 18.1 Å². The van der Waals surface area contributed by atoms with Crippen molar-refractivity contribution < 1.29 is 42.3 Å². The first-order valence-electron chi connectivity index (χ1n) is 6.59. The van der Waals surface area contributed by atoms with E-state index in [1.165, 1.54) is 13.8 Å². The van der Waals surface area contributed by atoms with Crippen molar-refractivity contribution in [2.75, 3.05) is 0 Å². The van der Waals surface area contributed by atoms with E-state index >= 15 is 0 Å². The number of carbonyl (C=O) groups is 2. The van der Waals surface area contributed by atoms with Gasteiger partial charge in [-0.25, -0.2) is 9.59 Å². The molecule has 1 saturated heterocycles. The summed E-state index contributed by atoms with van der Waals surface area (Å²) in [5.74, 6) is -5.49. The molecule has 0 aliphatic carbocycles. The van der Waals surface area contributed by atoms with E-state index in [1.54, 1.807) is 0 Å². The molecule has 2 rings (SSSR count). The number of cyclic esters (lactones) is 2. The second-order valence-electron chi connectivity index (χ2n) is 5.39. The van der Waals surface area contributed by atoms with Crippen LogP contribution in [0.4, 0.5) is 18.9 Å². The van der Waals surface area contributed by atoms with E-state index in [9.17, 15) is 38.0 Å². The lowest BCUT2D eigenvalue weighted by molar-refractivity contribution is -0.385. The Labute approximate surface area is 137 Å². The van der Waals surface area contributed by atoms with Crippen LogP contribution in [0.1, 0.15) is 25.0 Å². The van der Waals surface area contributed by atoms with Crippen molar-refractivity contribution in [3.63, 3.8) is 0 Å². The van der Waals surface area contributed by atoms with Crippen molar-refractivity contribution in [3.05, 3.63) is 45.0 Å². The van der Waals surface area contributed by atoms with Crippen LogP contribution in [-0.4, -0.2) is 27.8 Å². The number of nitro benzene ring substituents is 1. The van der Waals surface area contributed by atoms with Gasteiger partial charge in [-0.2, -0.15) is 13.2 Å². The Morgan fingerprint density at radius 1 is 1.20 bits per heavy atom. The molecule has 0 bridgehead atoms. The molecular weight excluding hydrogens is 351 g/mol. The quantitative estimate of drug-likeness (QED) is 0.215. The van der Waals surface area contributed by atoms with Gasteiger partial charge in [-0.3, -0.25) is 10.1 Å². The summed E-state index contributed by atoms with van der Waals surface area (Å²) in [6.45, 7) is 2.47. The van der Waals surface area contributed by atoms with Crippen LogP contribution in [0.2, 0.25) is 0 Å². The maximum absolute atomic E-state index is 12.7. The van der Waals surface area contributed by atoms with E-state index in [2.05, 4.69) is 0 Å². The minimum absolute atomic E-state index is 0.176. The van der Waals surface area contributed by atoms with Gasteiger partial charge in [0.2, 0.25) is 0 Å².